The largest absolute Gasteiger partial charge is 0.481 e. The first-order valence-corrected chi connectivity index (χ1v) is 9.40. The molecule has 1 saturated carbocycles. The van der Waals surface area contributed by atoms with Crippen molar-refractivity contribution in [1.82, 2.24) is 10.3 Å². The molecule has 1 aromatic rings. The molecule has 22 heavy (non-hydrogen) atoms. The van der Waals surface area contributed by atoms with E-state index in [0.717, 1.165) is 23.9 Å². The van der Waals surface area contributed by atoms with E-state index >= 15 is 0 Å². The zero-order valence-electron chi connectivity index (χ0n) is 13.1. The SMILES string of the molecule is COc1ccc(NC(=S)NCCCSC2CCCCC2)cn1. The highest BCUT2D eigenvalue weighted by molar-refractivity contribution is 7.99. The Morgan fingerprint density at radius 2 is 2.18 bits per heavy atom. The van der Waals surface area contributed by atoms with Crippen LogP contribution in [-0.2, 0) is 0 Å². The van der Waals surface area contributed by atoms with E-state index in [1.165, 1.54) is 37.9 Å². The van der Waals surface area contributed by atoms with E-state index in [0.29, 0.717) is 11.0 Å². The van der Waals surface area contributed by atoms with Crippen LogP contribution in [0.25, 0.3) is 0 Å². The quantitative estimate of drug-likeness (QED) is 0.581. The van der Waals surface area contributed by atoms with Crippen molar-refractivity contribution in [3.05, 3.63) is 18.3 Å². The number of anilines is 1. The van der Waals surface area contributed by atoms with Crippen molar-refractivity contribution < 1.29 is 4.74 Å². The topological polar surface area (TPSA) is 46.2 Å². The smallest absolute Gasteiger partial charge is 0.213 e. The number of aromatic nitrogens is 1. The van der Waals surface area contributed by atoms with Gasteiger partial charge in [-0.1, -0.05) is 19.3 Å². The number of rotatable bonds is 7. The molecule has 1 aliphatic rings. The van der Waals surface area contributed by atoms with Gasteiger partial charge in [0.25, 0.3) is 0 Å². The van der Waals surface area contributed by atoms with E-state index < -0.39 is 0 Å². The first-order valence-electron chi connectivity index (χ1n) is 7.94. The zero-order chi connectivity index (χ0) is 15.6. The van der Waals surface area contributed by atoms with E-state index in [9.17, 15) is 0 Å². The van der Waals surface area contributed by atoms with Gasteiger partial charge in [-0.2, -0.15) is 11.8 Å². The molecule has 1 aliphatic carbocycles. The van der Waals surface area contributed by atoms with E-state index in [2.05, 4.69) is 27.4 Å². The Balaban J connectivity index is 1.55. The van der Waals surface area contributed by atoms with Gasteiger partial charge in [0.1, 0.15) is 0 Å². The highest BCUT2D eigenvalue weighted by Crippen LogP contribution is 2.28. The lowest BCUT2D eigenvalue weighted by atomic mass is 10.0. The summed E-state index contributed by atoms with van der Waals surface area (Å²) in [6.07, 6.45) is 9.93. The summed E-state index contributed by atoms with van der Waals surface area (Å²) in [5.74, 6) is 1.81. The molecule has 0 amide bonds. The number of thiocarbonyl (C=S) groups is 1. The van der Waals surface area contributed by atoms with Gasteiger partial charge in [0.05, 0.1) is 19.0 Å². The van der Waals surface area contributed by atoms with E-state index in [4.69, 9.17) is 17.0 Å². The monoisotopic (exact) mass is 339 g/mol. The third kappa shape index (κ3) is 6.40. The van der Waals surface area contributed by atoms with Gasteiger partial charge in [-0.05, 0) is 43.3 Å². The summed E-state index contributed by atoms with van der Waals surface area (Å²) in [6, 6.07) is 3.71. The molecule has 0 aliphatic heterocycles. The number of pyridine rings is 1. The minimum Gasteiger partial charge on any atom is -0.481 e. The van der Waals surface area contributed by atoms with Crippen molar-refractivity contribution in [3.63, 3.8) is 0 Å². The van der Waals surface area contributed by atoms with Gasteiger partial charge in [0, 0.05) is 17.9 Å². The molecule has 2 rings (SSSR count). The lowest BCUT2D eigenvalue weighted by molar-refractivity contribution is 0.398. The van der Waals surface area contributed by atoms with Crippen LogP contribution in [0, 0.1) is 0 Å². The molecule has 1 aromatic heterocycles. The highest BCUT2D eigenvalue weighted by atomic mass is 32.2. The summed E-state index contributed by atoms with van der Waals surface area (Å²) < 4.78 is 5.03. The lowest BCUT2D eigenvalue weighted by Crippen LogP contribution is -2.29. The summed E-state index contributed by atoms with van der Waals surface area (Å²) in [5.41, 5.74) is 0.870. The van der Waals surface area contributed by atoms with Crippen LogP contribution in [-0.4, -0.2) is 34.8 Å². The molecule has 122 valence electrons. The van der Waals surface area contributed by atoms with Crippen LogP contribution in [0.2, 0.25) is 0 Å². The first kappa shape index (κ1) is 17.3. The lowest BCUT2D eigenvalue weighted by Gasteiger charge is -2.20. The number of ether oxygens (including phenoxy) is 1. The summed E-state index contributed by atoms with van der Waals surface area (Å²) in [6.45, 7) is 0.912. The average molecular weight is 340 g/mol. The number of thioether (sulfide) groups is 1. The first-order chi connectivity index (χ1) is 10.8. The third-order valence-electron chi connectivity index (χ3n) is 3.72. The van der Waals surface area contributed by atoms with Crippen LogP contribution < -0.4 is 15.4 Å². The molecule has 0 aromatic carbocycles. The molecule has 6 heteroatoms. The molecule has 0 unspecified atom stereocenters. The predicted molar refractivity (Wildman–Crippen MR) is 99.0 cm³/mol. The summed E-state index contributed by atoms with van der Waals surface area (Å²) in [7, 11) is 1.60. The fraction of sp³-hybridized carbons (Fsp3) is 0.625. The van der Waals surface area contributed by atoms with Crippen molar-refractivity contribution in [2.75, 3.05) is 24.7 Å². The van der Waals surface area contributed by atoms with Crippen molar-refractivity contribution in [3.8, 4) is 5.88 Å². The van der Waals surface area contributed by atoms with E-state index in [1.807, 2.05) is 12.1 Å². The maximum absolute atomic E-state index is 5.28. The van der Waals surface area contributed by atoms with Crippen molar-refractivity contribution in [2.24, 2.45) is 0 Å². The fourth-order valence-electron chi connectivity index (χ4n) is 2.51. The van der Waals surface area contributed by atoms with Gasteiger partial charge in [-0.25, -0.2) is 4.98 Å². The summed E-state index contributed by atoms with van der Waals surface area (Å²) in [4.78, 5) is 4.14. The zero-order valence-corrected chi connectivity index (χ0v) is 14.8. The minimum absolute atomic E-state index is 0.601. The standard InChI is InChI=1S/C16H25N3OS2/c1-20-15-9-8-13(12-18-15)19-16(21)17-10-5-11-22-14-6-3-2-4-7-14/h8-9,12,14H,2-7,10-11H2,1H3,(H2,17,19,21). The molecule has 0 saturated heterocycles. The second kappa shape index (κ2) is 9.90. The molecular weight excluding hydrogens is 314 g/mol. The Kier molecular flexibility index (Phi) is 7.80. The predicted octanol–water partition coefficient (Wildman–Crippen LogP) is 3.83. The molecule has 0 radical (unpaired) electrons. The summed E-state index contributed by atoms with van der Waals surface area (Å²) in [5, 5.41) is 7.92. The van der Waals surface area contributed by atoms with Crippen LogP contribution in [0.5, 0.6) is 5.88 Å². The van der Waals surface area contributed by atoms with E-state index in [-0.39, 0.29) is 0 Å². The number of methoxy groups -OCH3 is 1. The number of hydrogen-bond donors (Lipinski definition) is 2. The van der Waals surface area contributed by atoms with Gasteiger partial charge < -0.3 is 15.4 Å². The van der Waals surface area contributed by atoms with Gasteiger partial charge in [-0.3, -0.25) is 0 Å². The van der Waals surface area contributed by atoms with E-state index in [1.54, 1.807) is 13.3 Å². The van der Waals surface area contributed by atoms with Gasteiger partial charge in [0.15, 0.2) is 5.11 Å². The van der Waals surface area contributed by atoms with Crippen LogP contribution in [0.4, 0.5) is 5.69 Å². The minimum atomic E-state index is 0.601. The van der Waals surface area contributed by atoms with Crippen molar-refractivity contribution in [2.45, 2.75) is 43.8 Å². The molecule has 0 atom stereocenters. The summed E-state index contributed by atoms with van der Waals surface area (Å²) >= 11 is 7.41. The third-order valence-corrected chi connectivity index (χ3v) is 5.43. The van der Waals surface area contributed by atoms with Crippen LogP contribution in [0.1, 0.15) is 38.5 Å². The second-order valence-electron chi connectivity index (χ2n) is 5.45. The molecule has 2 N–H and O–H groups in total. The number of nitrogens with zero attached hydrogens (tertiary/aromatic N) is 1. The Bertz CT molecular complexity index is 447. The molecule has 1 fully saturated rings. The Morgan fingerprint density at radius 3 is 2.86 bits per heavy atom. The van der Waals surface area contributed by atoms with Gasteiger partial charge >= 0.3 is 0 Å². The second-order valence-corrected chi connectivity index (χ2v) is 7.27. The Morgan fingerprint density at radius 1 is 1.36 bits per heavy atom. The average Bonchev–Trinajstić information content (AvgIpc) is 2.56. The fourth-order valence-corrected chi connectivity index (χ4v) is 4.04. The Hall–Kier alpha value is -1.01. The maximum atomic E-state index is 5.28. The number of nitrogens with one attached hydrogen (secondary N) is 2. The van der Waals surface area contributed by atoms with Crippen LogP contribution in [0.15, 0.2) is 18.3 Å². The molecule has 0 bridgehead atoms. The van der Waals surface area contributed by atoms with Crippen molar-refractivity contribution in [1.29, 1.82) is 0 Å². The molecule has 4 nitrogen and oxygen atoms in total. The van der Waals surface area contributed by atoms with Crippen LogP contribution in [0.3, 0.4) is 0 Å². The van der Waals surface area contributed by atoms with Crippen molar-refractivity contribution >= 4 is 34.8 Å². The maximum Gasteiger partial charge on any atom is 0.213 e. The molecular formula is C16H25N3OS2. The molecule has 1 heterocycles. The van der Waals surface area contributed by atoms with Crippen LogP contribution >= 0.6 is 24.0 Å². The molecule has 0 spiro atoms. The normalized spacial score (nSPS) is 15.3. The number of hydrogen-bond acceptors (Lipinski definition) is 4. The highest BCUT2D eigenvalue weighted by Gasteiger charge is 2.12. The van der Waals surface area contributed by atoms with Gasteiger partial charge in [0.2, 0.25) is 5.88 Å². The van der Waals surface area contributed by atoms with Gasteiger partial charge in [-0.15, -0.1) is 0 Å². The Labute approximate surface area is 142 Å².